The van der Waals surface area contributed by atoms with Crippen LogP contribution in [0.4, 0.5) is 0 Å². The first-order valence-electron chi connectivity index (χ1n) is 7.03. The number of hydrazine groups is 1. The van der Waals surface area contributed by atoms with Crippen LogP contribution in [0.5, 0.6) is 5.75 Å². The van der Waals surface area contributed by atoms with Gasteiger partial charge in [0.15, 0.2) is 0 Å². The molecule has 0 amide bonds. The number of ether oxygens (including phenoxy) is 1. The molecule has 1 heterocycles. The third-order valence-electron chi connectivity index (χ3n) is 4.04. The van der Waals surface area contributed by atoms with E-state index in [0.29, 0.717) is 0 Å². The van der Waals surface area contributed by atoms with Crippen LogP contribution in [0.15, 0.2) is 48.5 Å². The van der Waals surface area contributed by atoms with Gasteiger partial charge >= 0.3 is 0 Å². The summed E-state index contributed by atoms with van der Waals surface area (Å²) < 4.78 is 6.03. The summed E-state index contributed by atoms with van der Waals surface area (Å²) in [5.41, 5.74) is 6.81. The number of hydrogen-bond donors (Lipinski definition) is 2. The molecule has 0 radical (unpaired) electrons. The Morgan fingerprint density at radius 3 is 2.70 bits per heavy atom. The van der Waals surface area contributed by atoms with E-state index < -0.39 is 0 Å². The molecule has 1 aliphatic heterocycles. The first-order chi connectivity index (χ1) is 9.78. The van der Waals surface area contributed by atoms with Crippen LogP contribution in [0.3, 0.4) is 0 Å². The molecular weight excluding hydrogens is 248 g/mol. The zero-order valence-corrected chi connectivity index (χ0v) is 11.7. The standard InChI is InChI=1S/C17H20N2O/c1-12-6-2-3-7-13(12)10-15(19-18)17-11-14-8-4-5-9-16(14)20-17/h2-9,15,17,19H,10-11,18H2,1H3. The van der Waals surface area contributed by atoms with Gasteiger partial charge in [0.25, 0.3) is 0 Å². The minimum atomic E-state index is 0.0945. The van der Waals surface area contributed by atoms with Crippen molar-refractivity contribution in [3.63, 3.8) is 0 Å². The predicted octanol–water partition coefficient (Wildman–Crippen LogP) is 2.37. The van der Waals surface area contributed by atoms with Gasteiger partial charge in [-0.15, -0.1) is 0 Å². The van der Waals surface area contributed by atoms with Crippen molar-refractivity contribution in [1.82, 2.24) is 5.43 Å². The third-order valence-corrected chi connectivity index (χ3v) is 4.04. The molecular formula is C17H20N2O. The van der Waals surface area contributed by atoms with Crippen molar-refractivity contribution >= 4 is 0 Å². The van der Waals surface area contributed by atoms with Crippen molar-refractivity contribution in [3.8, 4) is 5.75 Å². The molecule has 0 saturated carbocycles. The Bertz CT molecular complexity index is 572. The number of nitrogens with one attached hydrogen (secondary N) is 1. The number of aryl methyl sites for hydroxylation is 1. The molecule has 1 aliphatic rings. The number of hydrogen-bond acceptors (Lipinski definition) is 3. The molecule has 0 aromatic heterocycles. The molecule has 3 nitrogen and oxygen atoms in total. The summed E-state index contributed by atoms with van der Waals surface area (Å²) in [5.74, 6) is 6.74. The first-order valence-corrected chi connectivity index (χ1v) is 7.03. The van der Waals surface area contributed by atoms with Crippen molar-refractivity contribution in [1.29, 1.82) is 0 Å². The smallest absolute Gasteiger partial charge is 0.123 e. The summed E-state index contributed by atoms with van der Waals surface area (Å²) in [5, 5.41) is 0. The fraction of sp³-hybridized carbons (Fsp3) is 0.294. The van der Waals surface area contributed by atoms with E-state index in [2.05, 4.69) is 48.7 Å². The highest BCUT2D eigenvalue weighted by Crippen LogP contribution is 2.30. The maximum absolute atomic E-state index is 6.03. The highest BCUT2D eigenvalue weighted by atomic mass is 16.5. The number of benzene rings is 2. The third kappa shape index (κ3) is 2.55. The van der Waals surface area contributed by atoms with Gasteiger partial charge in [0.2, 0.25) is 0 Å². The maximum atomic E-state index is 6.03. The molecule has 0 spiro atoms. The van der Waals surface area contributed by atoms with Gasteiger partial charge in [-0.05, 0) is 36.1 Å². The number of nitrogens with two attached hydrogens (primary N) is 1. The normalized spacial score (nSPS) is 18.4. The second-order valence-electron chi connectivity index (χ2n) is 5.37. The van der Waals surface area contributed by atoms with E-state index in [9.17, 15) is 0 Å². The van der Waals surface area contributed by atoms with Gasteiger partial charge in [-0.2, -0.15) is 0 Å². The molecule has 3 rings (SSSR count). The predicted molar refractivity (Wildman–Crippen MR) is 80.6 cm³/mol. The van der Waals surface area contributed by atoms with Crippen LogP contribution >= 0.6 is 0 Å². The van der Waals surface area contributed by atoms with Gasteiger partial charge in [0.05, 0.1) is 6.04 Å². The molecule has 2 unspecified atom stereocenters. The van der Waals surface area contributed by atoms with Crippen molar-refractivity contribution in [2.75, 3.05) is 0 Å². The fourth-order valence-electron chi connectivity index (χ4n) is 2.81. The van der Waals surface area contributed by atoms with Crippen molar-refractivity contribution in [2.45, 2.75) is 31.9 Å². The highest BCUT2D eigenvalue weighted by Gasteiger charge is 2.29. The molecule has 2 aromatic carbocycles. The second-order valence-corrected chi connectivity index (χ2v) is 5.37. The van der Waals surface area contributed by atoms with Crippen LogP contribution in [0.2, 0.25) is 0 Å². The maximum Gasteiger partial charge on any atom is 0.123 e. The van der Waals surface area contributed by atoms with Crippen LogP contribution in [0, 0.1) is 6.92 Å². The zero-order valence-electron chi connectivity index (χ0n) is 11.7. The largest absolute Gasteiger partial charge is 0.488 e. The van der Waals surface area contributed by atoms with Gasteiger partial charge in [-0.1, -0.05) is 42.5 Å². The Morgan fingerprint density at radius 2 is 1.95 bits per heavy atom. The van der Waals surface area contributed by atoms with Gasteiger partial charge in [0, 0.05) is 6.42 Å². The minimum absolute atomic E-state index is 0.0945. The van der Waals surface area contributed by atoms with Gasteiger partial charge < -0.3 is 4.74 Å². The lowest BCUT2D eigenvalue weighted by Crippen LogP contribution is -2.47. The molecule has 0 saturated heterocycles. The molecule has 3 heteroatoms. The molecule has 20 heavy (non-hydrogen) atoms. The molecule has 0 aliphatic carbocycles. The zero-order chi connectivity index (χ0) is 13.9. The van der Waals surface area contributed by atoms with Crippen molar-refractivity contribution < 1.29 is 4.74 Å². The highest BCUT2D eigenvalue weighted by molar-refractivity contribution is 5.38. The number of rotatable bonds is 4. The van der Waals surface area contributed by atoms with Crippen molar-refractivity contribution in [3.05, 3.63) is 65.2 Å². The van der Waals surface area contributed by atoms with Gasteiger partial charge in [0.1, 0.15) is 11.9 Å². The Kier molecular flexibility index (Phi) is 3.72. The van der Waals surface area contributed by atoms with Gasteiger partial charge in [-0.3, -0.25) is 11.3 Å². The molecule has 2 aromatic rings. The fourth-order valence-corrected chi connectivity index (χ4v) is 2.81. The summed E-state index contributed by atoms with van der Waals surface area (Å²) in [7, 11) is 0. The second kappa shape index (κ2) is 5.65. The average Bonchev–Trinajstić information content (AvgIpc) is 2.90. The summed E-state index contributed by atoms with van der Waals surface area (Å²) in [6.45, 7) is 2.13. The Hall–Kier alpha value is -1.84. The summed E-state index contributed by atoms with van der Waals surface area (Å²) in [4.78, 5) is 0. The van der Waals surface area contributed by atoms with E-state index in [4.69, 9.17) is 10.6 Å². The van der Waals surface area contributed by atoms with E-state index in [1.54, 1.807) is 0 Å². The molecule has 2 atom stereocenters. The van der Waals surface area contributed by atoms with E-state index in [-0.39, 0.29) is 12.1 Å². The Morgan fingerprint density at radius 1 is 1.20 bits per heavy atom. The lowest BCUT2D eigenvalue weighted by Gasteiger charge is -2.23. The number of fused-ring (bicyclic) bond motifs is 1. The van der Waals surface area contributed by atoms with Gasteiger partial charge in [-0.25, -0.2) is 0 Å². The minimum Gasteiger partial charge on any atom is -0.488 e. The summed E-state index contributed by atoms with van der Waals surface area (Å²) in [6.07, 6.45) is 1.88. The molecule has 104 valence electrons. The van der Waals surface area contributed by atoms with Crippen LogP contribution in [0.25, 0.3) is 0 Å². The van der Waals surface area contributed by atoms with E-state index in [0.717, 1.165) is 18.6 Å². The van der Waals surface area contributed by atoms with E-state index >= 15 is 0 Å². The quantitative estimate of drug-likeness (QED) is 0.661. The SMILES string of the molecule is Cc1ccccc1CC(NN)C1Cc2ccccc2O1. The molecule has 0 fully saturated rings. The number of para-hydroxylation sites is 1. The summed E-state index contributed by atoms with van der Waals surface area (Å²) in [6, 6.07) is 16.7. The lowest BCUT2D eigenvalue weighted by atomic mass is 9.96. The van der Waals surface area contributed by atoms with Crippen molar-refractivity contribution in [2.24, 2.45) is 5.84 Å². The average molecular weight is 268 g/mol. The molecule has 0 bridgehead atoms. The van der Waals surface area contributed by atoms with Crippen LogP contribution < -0.4 is 16.0 Å². The summed E-state index contributed by atoms with van der Waals surface area (Å²) >= 11 is 0. The topological polar surface area (TPSA) is 47.3 Å². The lowest BCUT2D eigenvalue weighted by molar-refractivity contribution is 0.177. The van der Waals surface area contributed by atoms with Crippen LogP contribution in [-0.4, -0.2) is 12.1 Å². The Labute approximate surface area is 119 Å². The first kappa shape index (κ1) is 13.2. The van der Waals surface area contributed by atoms with Crippen LogP contribution in [-0.2, 0) is 12.8 Å². The molecule has 3 N–H and O–H groups in total. The monoisotopic (exact) mass is 268 g/mol. The van der Waals surface area contributed by atoms with E-state index in [1.807, 2.05) is 12.1 Å². The Balaban J connectivity index is 1.74. The van der Waals surface area contributed by atoms with Crippen LogP contribution in [0.1, 0.15) is 16.7 Å². The van der Waals surface area contributed by atoms with E-state index in [1.165, 1.54) is 16.7 Å².